The van der Waals surface area contributed by atoms with Crippen LogP contribution >= 0.6 is 0 Å². The number of nitrogens with zero attached hydrogens (tertiary/aromatic N) is 1. The summed E-state index contributed by atoms with van der Waals surface area (Å²) in [6.45, 7) is 2.03. The van der Waals surface area contributed by atoms with E-state index in [0.29, 0.717) is 6.42 Å². The molecule has 112 valence electrons. The fraction of sp³-hybridized carbons (Fsp3) is 0.733. The molecule has 1 amide bonds. The van der Waals surface area contributed by atoms with Crippen molar-refractivity contribution in [2.75, 3.05) is 14.1 Å². The molecule has 0 aromatic heterocycles. The molecule has 0 N–H and O–H groups in total. The lowest BCUT2D eigenvalue weighted by Crippen LogP contribution is -2.43. The van der Waals surface area contributed by atoms with Gasteiger partial charge in [0.25, 0.3) is 0 Å². The van der Waals surface area contributed by atoms with Gasteiger partial charge in [0.1, 0.15) is 5.92 Å². The number of carbonyl (C=O) groups is 4. The Hall–Kier alpha value is -1.52. The molecule has 1 saturated carbocycles. The van der Waals surface area contributed by atoms with Gasteiger partial charge in [-0.05, 0) is 6.42 Å². The lowest BCUT2D eigenvalue weighted by molar-refractivity contribution is -0.148. The molecule has 1 aliphatic carbocycles. The maximum absolute atomic E-state index is 12.0. The van der Waals surface area contributed by atoms with Gasteiger partial charge in [-0.2, -0.15) is 0 Å². The summed E-state index contributed by atoms with van der Waals surface area (Å²) in [4.78, 5) is 49.2. The Labute approximate surface area is 119 Å². The molecule has 1 aliphatic rings. The van der Waals surface area contributed by atoms with Gasteiger partial charge in [-0.1, -0.05) is 19.8 Å². The molecule has 1 fully saturated rings. The van der Waals surface area contributed by atoms with Crippen LogP contribution in [0.5, 0.6) is 0 Å². The fourth-order valence-corrected chi connectivity index (χ4v) is 2.57. The van der Waals surface area contributed by atoms with Crippen molar-refractivity contribution in [1.82, 2.24) is 4.90 Å². The van der Waals surface area contributed by atoms with Crippen LogP contribution in [0.3, 0.4) is 0 Å². The van der Waals surface area contributed by atoms with Gasteiger partial charge >= 0.3 is 0 Å². The number of hydrogen-bond acceptors (Lipinski definition) is 4. The van der Waals surface area contributed by atoms with E-state index in [9.17, 15) is 19.2 Å². The average molecular weight is 281 g/mol. The molecule has 0 spiro atoms. The van der Waals surface area contributed by atoms with E-state index in [1.54, 1.807) is 14.1 Å². The second-order valence-corrected chi connectivity index (χ2v) is 5.63. The maximum atomic E-state index is 12.0. The van der Waals surface area contributed by atoms with Crippen LogP contribution in [-0.4, -0.2) is 42.3 Å². The number of hydrogen-bond donors (Lipinski definition) is 0. The van der Waals surface area contributed by atoms with Crippen molar-refractivity contribution in [1.29, 1.82) is 0 Å². The van der Waals surface area contributed by atoms with Gasteiger partial charge < -0.3 is 4.90 Å². The molecule has 5 nitrogen and oxygen atoms in total. The monoisotopic (exact) mass is 281 g/mol. The number of unbranched alkanes of at least 4 members (excludes halogenated alkanes) is 2. The first-order valence-electron chi connectivity index (χ1n) is 7.17. The quantitative estimate of drug-likeness (QED) is 0.545. The van der Waals surface area contributed by atoms with Crippen molar-refractivity contribution < 1.29 is 19.2 Å². The summed E-state index contributed by atoms with van der Waals surface area (Å²) < 4.78 is 0. The van der Waals surface area contributed by atoms with E-state index in [1.807, 2.05) is 6.92 Å². The average Bonchev–Trinajstić information content (AvgIpc) is 2.37. The van der Waals surface area contributed by atoms with E-state index in [4.69, 9.17) is 0 Å². The van der Waals surface area contributed by atoms with Gasteiger partial charge in [0.05, 0.1) is 5.92 Å². The van der Waals surface area contributed by atoms with Gasteiger partial charge in [0.2, 0.25) is 5.91 Å². The predicted molar refractivity (Wildman–Crippen MR) is 74.1 cm³/mol. The van der Waals surface area contributed by atoms with Crippen LogP contribution in [-0.2, 0) is 19.2 Å². The summed E-state index contributed by atoms with van der Waals surface area (Å²) in [6.07, 6.45) is 2.91. The summed E-state index contributed by atoms with van der Waals surface area (Å²) in [5, 5.41) is 0. The molecule has 0 aromatic carbocycles. The van der Waals surface area contributed by atoms with Crippen molar-refractivity contribution >= 4 is 23.3 Å². The van der Waals surface area contributed by atoms with Crippen LogP contribution in [0.4, 0.5) is 0 Å². The minimum Gasteiger partial charge on any atom is -0.349 e. The van der Waals surface area contributed by atoms with Gasteiger partial charge in [-0.15, -0.1) is 0 Å². The summed E-state index contributed by atoms with van der Waals surface area (Å²) in [6, 6.07) is 0. The first kappa shape index (κ1) is 16.5. The molecule has 0 aliphatic heterocycles. The number of Topliss-reactive ketones (excluding diaryl/α,β-unsaturated/α-hetero) is 3. The van der Waals surface area contributed by atoms with E-state index < -0.39 is 11.8 Å². The van der Waals surface area contributed by atoms with Crippen LogP contribution in [0.15, 0.2) is 0 Å². The highest BCUT2D eigenvalue weighted by atomic mass is 16.2. The number of amides is 1. The Morgan fingerprint density at radius 2 is 1.65 bits per heavy atom. The van der Waals surface area contributed by atoms with E-state index in [1.165, 1.54) is 4.90 Å². The molecule has 20 heavy (non-hydrogen) atoms. The number of ketones is 3. The first-order chi connectivity index (χ1) is 9.38. The lowest BCUT2D eigenvalue weighted by Gasteiger charge is -2.26. The minimum atomic E-state index is -1.11. The normalized spacial score (nSPS) is 22.8. The van der Waals surface area contributed by atoms with Crippen LogP contribution in [0.2, 0.25) is 0 Å². The van der Waals surface area contributed by atoms with Crippen LogP contribution in [0, 0.1) is 11.8 Å². The van der Waals surface area contributed by atoms with Gasteiger partial charge in [0.15, 0.2) is 17.3 Å². The standard InChI is InChI=1S/C15H23NO4/c1-4-5-6-7-11(17)14-12(18)8-10(9-13(14)19)15(20)16(2)3/h10,14H,4-9H2,1-3H3. The van der Waals surface area contributed by atoms with Gasteiger partial charge in [-0.25, -0.2) is 0 Å². The molecule has 1 rings (SSSR count). The Balaban J connectivity index is 2.66. The third-order valence-corrected chi connectivity index (χ3v) is 3.68. The smallest absolute Gasteiger partial charge is 0.226 e. The largest absolute Gasteiger partial charge is 0.349 e. The highest BCUT2D eigenvalue weighted by molar-refractivity contribution is 6.21. The fourth-order valence-electron chi connectivity index (χ4n) is 2.57. The third kappa shape index (κ3) is 3.99. The Morgan fingerprint density at radius 3 is 2.10 bits per heavy atom. The second kappa shape index (κ2) is 7.31. The van der Waals surface area contributed by atoms with E-state index in [0.717, 1.165) is 12.8 Å². The lowest BCUT2D eigenvalue weighted by atomic mass is 9.76. The zero-order valence-corrected chi connectivity index (χ0v) is 12.5. The molecule has 0 radical (unpaired) electrons. The Bertz CT molecular complexity index is 396. The summed E-state index contributed by atoms with van der Waals surface area (Å²) >= 11 is 0. The van der Waals surface area contributed by atoms with E-state index in [2.05, 4.69) is 0 Å². The maximum Gasteiger partial charge on any atom is 0.226 e. The van der Waals surface area contributed by atoms with Crippen LogP contribution in [0.25, 0.3) is 0 Å². The summed E-state index contributed by atoms with van der Waals surface area (Å²) in [7, 11) is 3.19. The highest BCUT2D eigenvalue weighted by Gasteiger charge is 2.42. The van der Waals surface area contributed by atoms with Crippen molar-refractivity contribution in [3.63, 3.8) is 0 Å². The van der Waals surface area contributed by atoms with Gasteiger partial charge in [-0.3, -0.25) is 19.2 Å². The third-order valence-electron chi connectivity index (χ3n) is 3.68. The zero-order chi connectivity index (χ0) is 15.3. The van der Waals surface area contributed by atoms with Crippen molar-refractivity contribution in [3.8, 4) is 0 Å². The first-order valence-corrected chi connectivity index (χ1v) is 7.17. The van der Waals surface area contributed by atoms with Crippen molar-refractivity contribution in [2.24, 2.45) is 11.8 Å². The topological polar surface area (TPSA) is 71.5 Å². The molecule has 0 heterocycles. The Morgan fingerprint density at radius 1 is 1.10 bits per heavy atom. The second-order valence-electron chi connectivity index (χ2n) is 5.63. The highest BCUT2D eigenvalue weighted by Crippen LogP contribution is 2.26. The summed E-state index contributed by atoms with van der Waals surface area (Å²) in [5.41, 5.74) is 0. The Kier molecular flexibility index (Phi) is 6.05. The molecule has 0 saturated heterocycles. The van der Waals surface area contributed by atoms with Crippen molar-refractivity contribution in [2.45, 2.75) is 45.4 Å². The zero-order valence-electron chi connectivity index (χ0n) is 12.5. The molecular weight excluding hydrogens is 258 g/mol. The molecular formula is C15H23NO4. The number of carbonyl (C=O) groups excluding carboxylic acids is 4. The molecule has 0 atom stereocenters. The predicted octanol–water partition coefficient (Wildman–Crippen LogP) is 1.39. The summed E-state index contributed by atoms with van der Waals surface area (Å²) in [5.74, 6) is -2.97. The SMILES string of the molecule is CCCCCC(=O)C1C(=O)CC(C(=O)N(C)C)CC1=O. The number of rotatable bonds is 6. The minimum absolute atomic E-state index is 0.00688. The van der Waals surface area contributed by atoms with E-state index in [-0.39, 0.29) is 42.5 Å². The molecule has 0 bridgehead atoms. The molecule has 5 heteroatoms. The van der Waals surface area contributed by atoms with E-state index >= 15 is 0 Å². The molecule has 0 aromatic rings. The van der Waals surface area contributed by atoms with Crippen LogP contribution in [0.1, 0.15) is 45.4 Å². The van der Waals surface area contributed by atoms with Gasteiger partial charge in [0, 0.05) is 33.4 Å². The molecule has 0 unspecified atom stereocenters. The van der Waals surface area contributed by atoms with Crippen molar-refractivity contribution in [3.05, 3.63) is 0 Å². The van der Waals surface area contributed by atoms with Crippen LogP contribution < -0.4 is 0 Å².